The van der Waals surface area contributed by atoms with Gasteiger partial charge in [-0.25, -0.2) is 4.79 Å². The summed E-state index contributed by atoms with van der Waals surface area (Å²) in [6.07, 6.45) is 1.81. The van der Waals surface area contributed by atoms with Crippen molar-refractivity contribution < 1.29 is 71.8 Å². The monoisotopic (exact) mass is 1150 g/mol. The van der Waals surface area contributed by atoms with Crippen LogP contribution in [0, 0.1) is 13.8 Å². The third-order valence-electron chi connectivity index (χ3n) is 12.9. The zero-order valence-corrected chi connectivity index (χ0v) is 46.9. The minimum Gasteiger partial charge on any atom is -0.497 e. The molecule has 0 unspecified atom stereocenters. The Kier molecular flexibility index (Phi) is 21.4. The molecule has 0 spiro atoms. The molecule has 82 heavy (non-hydrogen) atoms. The summed E-state index contributed by atoms with van der Waals surface area (Å²) in [6, 6.07) is 36.6. The molecule has 0 aliphatic carbocycles. The number of aliphatic hydroxyl groups is 1. The molecular formula is C63H58Cl2N2O15. The van der Waals surface area contributed by atoms with Crippen molar-refractivity contribution in [2.24, 2.45) is 0 Å². The van der Waals surface area contributed by atoms with E-state index in [2.05, 4.69) is 6.58 Å². The number of carbonyl (C=O) groups excluding carboxylic acids is 7. The van der Waals surface area contributed by atoms with Gasteiger partial charge in [0.15, 0.2) is 24.8 Å². The second kappa shape index (κ2) is 28.9. The quantitative estimate of drug-likeness (QED) is 0.0196. The highest BCUT2D eigenvalue weighted by Gasteiger charge is 2.25. The molecule has 1 N–H and O–H groups in total. The molecule has 0 bridgehead atoms. The molecule has 17 nitrogen and oxygen atoms in total. The van der Waals surface area contributed by atoms with Gasteiger partial charge in [0, 0.05) is 80.0 Å². The van der Waals surface area contributed by atoms with Crippen LogP contribution in [0.3, 0.4) is 0 Å². The lowest BCUT2D eigenvalue weighted by Crippen LogP contribution is -2.17. The summed E-state index contributed by atoms with van der Waals surface area (Å²) in [5, 5.41) is 11.2. The number of ketones is 2. The lowest BCUT2D eigenvalue weighted by Gasteiger charge is -2.09. The number of methoxy groups -OCH3 is 2. The van der Waals surface area contributed by atoms with Crippen LogP contribution in [0.5, 0.6) is 23.0 Å². The maximum Gasteiger partial charge on any atom is 0.330 e. The molecule has 6 aromatic carbocycles. The number of esters is 3. The lowest BCUT2D eigenvalue weighted by molar-refractivity contribution is -0.142. The largest absolute Gasteiger partial charge is 0.497 e. The summed E-state index contributed by atoms with van der Waals surface area (Å²) in [5.41, 5.74) is 5.19. The Labute approximate surface area is 482 Å². The Morgan fingerprint density at radius 2 is 0.878 bits per heavy atom. The van der Waals surface area contributed by atoms with Crippen molar-refractivity contribution in [3.8, 4) is 23.0 Å². The van der Waals surface area contributed by atoms with Crippen molar-refractivity contribution in [2.75, 3.05) is 53.9 Å². The van der Waals surface area contributed by atoms with E-state index in [0.29, 0.717) is 126 Å². The fourth-order valence-corrected chi connectivity index (χ4v) is 8.90. The number of carbonyl (C=O) groups is 7. The van der Waals surface area contributed by atoms with Gasteiger partial charge in [0.1, 0.15) is 23.0 Å². The first-order chi connectivity index (χ1) is 39.5. The maximum atomic E-state index is 13.5. The summed E-state index contributed by atoms with van der Waals surface area (Å²) in [5.74, 6) is -0.726. The smallest absolute Gasteiger partial charge is 0.330 e. The number of aromatic nitrogens is 2. The highest BCUT2D eigenvalue weighted by molar-refractivity contribution is 6.31. The van der Waals surface area contributed by atoms with Crippen molar-refractivity contribution >= 4 is 86.3 Å². The molecule has 0 saturated heterocycles. The van der Waals surface area contributed by atoms with E-state index in [0.717, 1.165) is 6.08 Å². The Morgan fingerprint density at radius 1 is 0.500 bits per heavy atom. The Hall–Kier alpha value is -9.03. The van der Waals surface area contributed by atoms with E-state index in [-0.39, 0.29) is 49.4 Å². The minimum atomic E-state index is -0.616. The van der Waals surface area contributed by atoms with Gasteiger partial charge in [-0.2, -0.15) is 0 Å². The number of halogens is 2. The van der Waals surface area contributed by atoms with Gasteiger partial charge >= 0.3 is 17.9 Å². The van der Waals surface area contributed by atoms with Gasteiger partial charge in [-0.15, -0.1) is 0 Å². The zero-order valence-electron chi connectivity index (χ0n) is 45.4. The van der Waals surface area contributed by atoms with Crippen LogP contribution in [-0.2, 0) is 41.4 Å². The number of hydrogen-bond donors (Lipinski definition) is 1. The maximum absolute atomic E-state index is 13.5. The highest BCUT2D eigenvalue weighted by atomic mass is 35.5. The first-order valence-corrected chi connectivity index (χ1v) is 26.5. The van der Waals surface area contributed by atoms with Gasteiger partial charge in [-0.1, -0.05) is 29.8 Å². The van der Waals surface area contributed by atoms with Gasteiger partial charge in [0.2, 0.25) is 0 Å². The van der Waals surface area contributed by atoms with Gasteiger partial charge in [0.05, 0.1) is 57.9 Å². The first kappa shape index (κ1) is 60.6. The second-order valence-electron chi connectivity index (χ2n) is 18.3. The lowest BCUT2D eigenvalue weighted by atomic mass is 10.1. The predicted octanol–water partition coefficient (Wildman–Crippen LogP) is 10.8. The van der Waals surface area contributed by atoms with Crippen LogP contribution in [0.4, 0.5) is 0 Å². The van der Waals surface area contributed by atoms with Crippen molar-refractivity contribution in [3.63, 3.8) is 0 Å². The van der Waals surface area contributed by atoms with Crippen molar-refractivity contribution in [1.82, 2.24) is 9.13 Å². The fourth-order valence-electron chi connectivity index (χ4n) is 8.65. The van der Waals surface area contributed by atoms with E-state index < -0.39 is 31.1 Å². The molecule has 0 saturated carbocycles. The van der Waals surface area contributed by atoms with Crippen LogP contribution < -0.4 is 18.9 Å². The second-order valence-corrected chi connectivity index (χ2v) is 19.1. The normalized spacial score (nSPS) is 10.8. The average Bonchev–Trinajstić information content (AvgIpc) is 2.90. The first-order valence-electron chi connectivity index (χ1n) is 25.7. The molecule has 0 amide bonds. The summed E-state index contributed by atoms with van der Waals surface area (Å²) in [7, 11) is 3.07. The molecule has 0 atom stereocenters. The van der Waals surface area contributed by atoms with E-state index in [1.54, 1.807) is 156 Å². The SMILES string of the molecule is C=CC(=O)OCCCOc1ccc(C(=O)COC(=O)Cc2c(C)n(C(=O)c3ccc(Cl)cc3)c3ccc(OC)cc23)cc1.COc1ccc2c(c1)c(CC(=O)OCC(=O)c1ccc(OCCCO)cc1)c(C)n2C(=O)c1ccc(Cl)cc1. The molecule has 0 aliphatic rings. The molecule has 0 radical (unpaired) electrons. The van der Waals surface area contributed by atoms with E-state index in [4.69, 9.17) is 61.5 Å². The number of ether oxygens (including phenoxy) is 7. The van der Waals surface area contributed by atoms with E-state index in [1.807, 2.05) is 0 Å². The Bertz CT molecular complexity index is 3620. The Balaban J connectivity index is 0.000000237. The molecule has 0 fully saturated rings. The number of rotatable bonds is 24. The van der Waals surface area contributed by atoms with Gasteiger partial charge in [-0.05, 0) is 158 Å². The van der Waals surface area contributed by atoms with Crippen LogP contribution in [-0.4, -0.2) is 109 Å². The van der Waals surface area contributed by atoms with Crippen LogP contribution in [0.2, 0.25) is 10.0 Å². The summed E-state index contributed by atoms with van der Waals surface area (Å²) >= 11 is 12.0. The minimum absolute atomic E-state index is 0.0359. The van der Waals surface area contributed by atoms with Crippen LogP contribution in [0.25, 0.3) is 21.8 Å². The molecule has 19 heteroatoms. The average molecular weight is 1150 g/mol. The molecular weight excluding hydrogens is 1100 g/mol. The van der Waals surface area contributed by atoms with Crippen molar-refractivity contribution in [1.29, 1.82) is 0 Å². The number of benzene rings is 6. The number of nitrogens with zero attached hydrogens (tertiary/aromatic N) is 2. The standard InChI is InChI=1S/C33H30ClNO8.C30H28ClNO7/c1-4-31(37)42-17-5-16-41-25-12-8-22(9-13-25)30(36)20-43-32(38)19-27-21(2)35(29-15-14-26(40-3)18-28(27)29)33(39)23-6-10-24(34)11-7-23;1-19-25(17-29(35)39-18-28(34)20-6-10-23(11-7-20)38-15-3-14-33)26-16-24(37-2)12-13-27(26)32(19)30(36)21-4-8-22(31)9-5-21/h4,6-15,18H,1,5,16-17,19-20H2,2-3H3;4-13,16,33H,3,14-15,17-18H2,1-2H3. The van der Waals surface area contributed by atoms with Crippen molar-refractivity contribution in [3.05, 3.63) is 201 Å². The molecule has 0 aliphatic heterocycles. The van der Waals surface area contributed by atoms with Crippen LogP contribution in [0.15, 0.2) is 146 Å². The molecule has 2 aromatic heterocycles. The van der Waals surface area contributed by atoms with E-state index in [9.17, 15) is 33.6 Å². The summed E-state index contributed by atoms with van der Waals surface area (Å²) in [4.78, 5) is 88.9. The molecule has 8 aromatic rings. The number of Topliss-reactive ketones (excluding diaryl/α,β-unsaturated/α-hetero) is 2. The Morgan fingerprint density at radius 3 is 1.26 bits per heavy atom. The van der Waals surface area contributed by atoms with Gasteiger partial charge in [0.25, 0.3) is 11.8 Å². The summed E-state index contributed by atoms with van der Waals surface area (Å²) in [6.45, 7) is 6.91. The van der Waals surface area contributed by atoms with E-state index >= 15 is 0 Å². The van der Waals surface area contributed by atoms with Crippen molar-refractivity contribution in [2.45, 2.75) is 39.5 Å². The van der Waals surface area contributed by atoms with E-state index in [1.165, 1.54) is 14.2 Å². The third kappa shape index (κ3) is 15.4. The molecule has 2 heterocycles. The molecule has 424 valence electrons. The molecule has 8 rings (SSSR count). The predicted molar refractivity (Wildman–Crippen MR) is 308 cm³/mol. The summed E-state index contributed by atoms with van der Waals surface area (Å²) < 4.78 is 40.4. The van der Waals surface area contributed by atoms with Gasteiger partial charge in [-0.3, -0.25) is 37.9 Å². The third-order valence-corrected chi connectivity index (χ3v) is 13.4. The van der Waals surface area contributed by atoms with Gasteiger partial charge < -0.3 is 38.3 Å². The van der Waals surface area contributed by atoms with Crippen LogP contribution in [0.1, 0.15) is 76.8 Å². The highest BCUT2D eigenvalue weighted by Crippen LogP contribution is 2.33. The topological polar surface area (TPSA) is 214 Å². The van der Waals surface area contributed by atoms with Crippen LogP contribution >= 0.6 is 23.2 Å². The zero-order chi connectivity index (χ0) is 58.9. The number of aliphatic hydroxyl groups excluding tert-OH is 1. The number of fused-ring (bicyclic) bond motifs is 2. The number of hydrogen-bond acceptors (Lipinski definition) is 15. The fraction of sp³-hybridized carbons (Fsp3) is 0.222.